The Morgan fingerprint density at radius 1 is 0.556 bits per heavy atom. The van der Waals surface area contributed by atoms with Crippen molar-refractivity contribution in [3.05, 3.63) is 89.5 Å². The molecule has 3 heteroatoms. The number of phenolic OH excluding ortho intramolecular Hbond substituents is 3. The van der Waals surface area contributed by atoms with Crippen LogP contribution in [0.15, 0.2) is 72.8 Å². The number of benzene rings is 3. The second-order valence-electron chi connectivity index (χ2n) is 7.54. The lowest BCUT2D eigenvalue weighted by Gasteiger charge is -2.41. The van der Waals surface area contributed by atoms with Crippen molar-refractivity contribution in [2.75, 3.05) is 0 Å². The summed E-state index contributed by atoms with van der Waals surface area (Å²) < 4.78 is 0. The first-order chi connectivity index (χ1) is 13.1. The van der Waals surface area contributed by atoms with Gasteiger partial charge in [-0.05, 0) is 84.7 Å². The Morgan fingerprint density at radius 3 is 1.33 bits per heavy atom. The first-order valence-electron chi connectivity index (χ1n) is 9.45. The third kappa shape index (κ3) is 3.37. The van der Waals surface area contributed by atoms with E-state index in [1.807, 2.05) is 36.4 Å². The molecule has 0 aliphatic heterocycles. The molecule has 4 rings (SSSR count). The molecule has 0 aromatic heterocycles. The molecule has 0 saturated heterocycles. The highest BCUT2D eigenvalue weighted by atomic mass is 16.3. The molecule has 27 heavy (non-hydrogen) atoms. The maximum atomic E-state index is 9.71. The predicted octanol–water partition coefficient (Wildman–Crippen LogP) is 5.45. The van der Waals surface area contributed by atoms with E-state index in [0.29, 0.717) is 11.7 Å². The number of phenols is 3. The maximum Gasteiger partial charge on any atom is 0.115 e. The molecule has 0 spiro atoms. The fourth-order valence-electron chi connectivity index (χ4n) is 4.50. The summed E-state index contributed by atoms with van der Waals surface area (Å²) in [5.74, 6) is 1.33. The summed E-state index contributed by atoms with van der Waals surface area (Å²) in [5.41, 5.74) is 3.57. The van der Waals surface area contributed by atoms with Crippen molar-refractivity contribution in [1.29, 1.82) is 0 Å². The van der Waals surface area contributed by atoms with Crippen molar-refractivity contribution >= 4 is 0 Å². The summed E-state index contributed by atoms with van der Waals surface area (Å²) in [6.45, 7) is 0. The fourth-order valence-corrected chi connectivity index (χ4v) is 4.50. The maximum absolute atomic E-state index is 9.71. The molecule has 0 unspecified atom stereocenters. The highest BCUT2D eigenvalue weighted by molar-refractivity contribution is 5.44. The molecule has 1 aliphatic rings. The molecule has 3 aromatic carbocycles. The topological polar surface area (TPSA) is 60.7 Å². The molecule has 0 amide bonds. The van der Waals surface area contributed by atoms with Crippen molar-refractivity contribution in [1.82, 2.24) is 0 Å². The second kappa shape index (κ2) is 6.99. The van der Waals surface area contributed by atoms with E-state index >= 15 is 0 Å². The third-order valence-corrected chi connectivity index (χ3v) is 6.04. The summed E-state index contributed by atoms with van der Waals surface area (Å²) in [6, 6.07) is 22.6. The Balaban J connectivity index is 1.67. The Kier molecular flexibility index (Phi) is 4.53. The molecule has 1 aliphatic carbocycles. The average molecular weight is 360 g/mol. The van der Waals surface area contributed by atoms with Crippen LogP contribution in [-0.2, 0) is 5.41 Å². The van der Waals surface area contributed by atoms with Crippen LogP contribution in [0.1, 0.15) is 48.3 Å². The first kappa shape index (κ1) is 17.5. The number of hydrogen-bond acceptors (Lipinski definition) is 3. The van der Waals surface area contributed by atoms with Gasteiger partial charge < -0.3 is 15.3 Å². The smallest absolute Gasteiger partial charge is 0.115 e. The lowest BCUT2D eigenvalue weighted by Crippen LogP contribution is -2.32. The lowest BCUT2D eigenvalue weighted by molar-refractivity contribution is 0.314. The van der Waals surface area contributed by atoms with Gasteiger partial charge in [0.05, 0.1) is 0 Å². The lowest BCUT2D eigenvalue weighted by atomic mass is 9.62. The van der Waals surface area contributed by atoms with E-state index in [-0.39, 0.29) is 16.9 Å². The van der Waals surface area contributed by atoms with E-state index in [0.717, 1.165) is 25.7 Å². The molecule has 1 saturated carbocycles. The van der Waals surface area contributed by atoms with Gasteiger partial charge in [0.2, 0.25) is 0 Å². The van der Waals surface area contributed by atoms with Crippen LogP contribution in [-0.4, -0.2) is 15.3 Å². The van der Waals surface area contributed by atoms with Crippen LogP contribution in [0.3, 0.4) is 0 Å². The quantitative estimate of drug-likeness (QED) is 0.582. The largest absolute Gasteiger partial charge is 0.508 e. The molecule has 1 fully saturated rings. The van der Waals surface area contributed by atoms with Crippen LogP contribution in [0.2, 0.25) is 0 Å². The van der Waals surface area contributed by atoms with Gasteiger partial charge in [0.15, 0.2) is 0 Å². The van der Waals surface area contributed by atoms with Gasteiger partial charge in [-0.2, -0.15) is 0 Å². The number of hydrogen-bond donors (Lipinski definition) is 3. The molecule has 3 N–H and O–H groups in total. The Bertz CT molecular complexity index is 840. The molecule has 0 heterocycles. The Hall–Kier alpha value is -2.94. The number of rotatable bonds is 3. The second-order valence-corrected chi connectivity index (χ2v) is 7.54. The third-order valence-electron chi connectivity index (χ3n) is 6.04. The fraction of sp³-hybridized carbons (Fsp3) is 0.250. The van der Waals surface area contributed by atoms with Crippen LogP contribution < -0.4 is 0 Å². The molecule has 138 valence electrons. The standard InChI is InChI=1S/C24H24O3/c25-21-7-1-17(2-8-21)18-13-15-24(16-14-18,19-3-9-22(26)10-4-19)20-5-11-23(27)12-6-20/h1-12,18,25-27H,13-16H2. The summed E-state index contributed by atoms with van der Waals surface area (Å²) in [5, 5.41) is 29.0. The van der Waals surface area contributed by atoms with Gasteiger partial charge >= 0.3 is 0 Å². The van der Waals surface area contributed by atoms with E-state index in [4.69, 9.17) is 0 Å². The SMILES string of the molecule is Oc1ccc(C2CCC(c3ccc(O)cc3)(c3ccc(O)cc3)CC2)cc1. The van der Waals surface area contributed by atoms with Crippen LogP contribution in [0.25, 0.3) is 0 Å². The molecule has 0 radical (unpaired) electrons. The summed E-state index contributed by atoms with van der Waals surface area (Å²) in [6.07, 6.45) is 4.08. The first-order valence-corrected chi connectivity index (χ1v) is 9.45. The van der Waals surface area contributed by atoms with E-state index in [1.165, 1.54) is 16.7 Å². The van der Waals surface area contributed by atoms with Gasteiger partial charge in [-0.25, -0.2) is 0 Å². The monoisotopic (exact) mass is 360 g/mol. The summed E-state index contributed by atoms with van der Waals surface area (Å²) in [7, 11) is 0. The molecule has 3 aromatic rings. The minimum atomic E-state index is -0.116. The molecular weight excluding hydrogens is 336 g/mol. The minimum absolute atomic E-state index is 0.116. The van der Waals surface area contributed by atoms with Crippen LogP contribution in [0.5, 0.6) is 17.2 Å². The summed E-state index contributed by atoms with van der Waals surface area (Å²) in [4.78, 5) is 0. The van der Waals surface area contributed by atoms with Crippen LogP contribution in [0.4, 0.5) is 0 Å². The van der Waals surface area contributed by atoms with Crippen molar-refractivity contribution in [3.8, 4) is 17.2 Å². The Labute approximate surface area is 159 Å². The molecule has 0 bridgehead atoms. The van der Waals surface area contributed by atoms with E-state index in [2.05, 4.69) is 0 Å². The Morgan fingerprint density at radius 2 is 0.926 bits per heavy atom. The normalized spacial score (nSPS) is 16.9. The van der Waals surface area contributed by atoms with Gasteiger partial charge in [0, 0.05) is 5.41 Å². The van der Waals surface area contributed by atoms with Gasteiger partial charge in [0.1, 0.15) is 17.2 Å². The zero-order valence-electron chi connectivity index (χ0n) is 15.2. The van der Waals surface area contributed by atoms with Gasteiger partial charge in [-0.1, -0.05) is 36.4 Å². The zero-order chi connectivity index (χ0) is 18.9. The van der Waals surface area contributed by atoms with E-state index < -0.39 is 0 Å². The molecular formula is C24H24O3. The van der Waals surface area contributed by atoms with Crippen molar-refractivity contribution < 1.29 is 15.3 Å². The number of aromatic hydroxyl groups is 3. The zero-order valence-corrected chi connectivity index (χ0v) is 15.2. The van der Waals surface area contributed by atoms with Crippen molar-refractivity contribution in [3.63, 3.8) is 0 Å². The molecule has 0 atom stereocenters. The highest BCUT2D eigenvalue weighted by Gasteiger charge is 2.38. The highest BCUT2D eigenvalue weighted by Crippen LogP contribution is 2.49. The average Bonchev–Trinajstić information content (AvgIpc) is 2.70. The van der Waals surface area contributed by atoms with Crippen LogP contribution >= 0.6 is 0 Å². The van der Waals surface area contributed by atoms with Crippen molar-refractivity contribution in [2.24, 2.45) is 0 Å². The van der Waals surface area contributed by atoms with Crippen molar-refractivity contribution in [2.45, 2.75) is 37.0 Å². The van der Waals surface area contributed by atoms with Crippen LogP contribution in [0, 0.1) is 0 Å². The van der Waals surface area contributed by atoms with E-state index in [1.54, 1.807) is 36.4 Å². The molecule has 3 nitrogen and oxygen atoms in total. The summed E-state index contributed by atoms with van der Waals surface area (Å²) >= 11 is 0. The minimum Gasteiger partial charge on any atom is -0.508 e. The predicted molar refractivity (Wildman–Crippen MR) is 106 cm³/mol. The van der Waals surface area contributed by atoms with E-state index in [9.17, 15) is 15.3 Å². The van der Waals surface area contributed by atoms with Gasteiger partial charge in [0.25, 0.3) is 0 Å². The van der Waals surface area contributed by atoms with Gasteiger partial charge in [-0.15, -0.1) is 0 Å². The van der Waals surface area contributed by atoms with Gasteiger partial charge in [-0.3, -0.25) is 0 Å².